The van der Waals surface area contributed by atoms with Crippen molar-refractivity contribution in [1.82, 2.24) is 10.6 Å². The number of aryl methyl sites for hydroxylation is 2. The van der Waals surface area contributed by atoms with E-state index in [1.165, 1.54) is 11.1 Å². The van der Waals surface area contributed by atoms with Crippen molar-refractivity contribution in [3.05, 3.63) is 35.4 Å². The van der Waals surface area contributed by atoms with E-state index < -0.39 is 11.7 Å². The van der Waals surface area contributed by atoms with Gasteiger partial charge in [-0.1, -0.05) is 38.1 Å². The molecule has 0 saturated heterocycles. The Kier molecular flexibility index (Phi) is 7.94. The lowest BCUT2D eigenvalue weighted by molar-refractivity contribution is -0.121. The smallest absolute Gasteiger partial charge is 0.407 e. The number of alkyl carbamates (subject to hydrolysis) is 1. The molecule has 0 aliphatic heterocycles. The first-order valence-electron chi connectivity index (χ1n) is 8.89. The summed E-state index contributed by atoms with van der Waals surface area (Å²) in [5.74, 6) is 0.170. The van der Waals surface area contributed by atoms with Crippen LogP contribution >= 0.6 is 0 Å². The molecule has 140 valence electrons. The number of amides is 2. The molecule has 0 aliphatic carbocycles. The molecule has 0 fully saturated rings. The number of benzene rings is 1. The van der Waals surface area contributed by atoms with Gasteiger partial charge in [0.15, 0.2) is 0 Å². The van der Waals surface area contributed by atoms with Gasteiger partial charge in [-0.25, -0.2) is 4.79 Å². The van der Waals surface area contributed by atoms with Crippen LogP contribution in [0.25, 0.3) is 0 Å². The zero-order valence-corrected chi connectivity index (χ0v) is 16.3. The third-order valence-electron chi connectivity index (χ3n) is 3.91. The summed E-state index contributed by atoms with van der Waals surface area (Å²) in [6, 6.07) is 7.90. The Labute approximate surface area is 151 Å². The number of carbonyl (C=O) groups excluding carboxylic acids is 2. The number of ether oxygens (including phenoxy) is 1. The van der Waals surface area contributed by atoms with Crippen LogP contribution in [0, 0.1) is 12.8 Å². The van der Waals surface area contributed by atoms with Crippen molar-refractivity contribution in [3.8, 4) is 0 Å². The van der Waals surface area contributed by atoms with Crippen LogP contribution in [-0.2, 0) is 16.0 Å². The van der Waals surface area contributed by atoms with Crippen molar-refractivity contribution < 1.29 is 14.3 Å². The van der Waals surface area contributed by atoms with Crippen LogP contribution in [0.1, 0.15) is 52.2 Å². The van der Waals surface area contributed by atoms with Gasteiger partial charge >= 0.3 is 6.09 Å². The lowest BCUT2D eigenvalue weighted by atomic mass is 10.0. The number of carbonyl (C=O) groups is 2. The van der Waals surface area contributed by atoms with Crippen LogP contribution in [0.3, 0.4) is 0 Å². The van der Waals surface area contributed by atoms with Crippen molar-refractivity contribution >= 4 is 12.0 Å². The van der Waals surface area contributed by atoms with Gasteiger partial charge in [0.1, 0.15) is 5.60 Å². The molecule has 0 spiro atoms. The molecule has 0 aliphatic rings. The molecule has 0 heterocycles. The molecule has 25 heavy (non-hydrogen) atoms. The Morgan fingerprint density at radius 3 is 2.36 bits per heavy atom. The van der Waals surface area contributed by atoms with Gasteiger partial charge in [-0.15, -0.1) is 0 Å². The number of rotatable bonds is 7. The highest BCUT2D eigenvalue weighted by Crippen LogP contribution is 2.10. The van der Waals surface area contributed by atoms with E-state index in [1.54, 1.807) is 0 Å². The number of hydrogen-bond acceptors (Lipinski definition) is 3. The fraction of sp³-hybridized carbons (Fsp3) is 0.600. The summed E-state index contributed by atoms with van der Waals surface area (Å²) in [6.45, 7) is 11.9. The molecule has 1 rings (SSSR count). The summed E-state index contributed by atoms with van der Waals surface area (Å²) < 4.78 is 5.28. The van der Waals surface area contributed by atoms with Crippen molar-refractivity contribution in [2.75, 3.05) is 6.54 Å². The minimum absolute atomic E-state index is 0.0140. The molecule has 5 nitrogen and oxygen atoms in total. The molecule has 2 N–H and O–H groups in total. The normalized spacial score (nSPS) is 12.6. The van der Waals surface area contributed by atoms with E-state index in [1.807, 2.05) is 65.8 Å². The molecule has 1 aromatic rings. The maximum absolute atomic E-state index is 12.1. The first-order chi connectivity index (χ1) is 11.6. The topological polar surface area (TPSA) is 67.4 Å². The predicted octanol–water partition coefficient (Wildman–Crippen LogP) is 3.59. The SMILES string of the molecule is Cc1ccccc1CCC(=O)NCC(NC(=O)OC(C)(C)C)C(C)C. The second-order valence-corrected chi connectivity index (χ2v) is 7.73. The van der Waals surface area contributed by atoms with Gasteiger partial charge in [0.25, 0.3) is 0 Å². The zero-order valence-electron chi connectivity index (χ0n) is 16.3. The van der Waals surface area contributed by atoms with Crippen LogP contribution in [-0.4, -0.2) is 30.2 Å². The average molecular weight is 348 g/mol. The van der Waals surface area contributed by atoms with Gasteiger partial charge in [-0.2, -0.15) is 0 Å². The minimum Gasteiger partial charge on any atom is -0.444 e. The number of hydrogen-bond donors (Lipinski definition) is 2. The molecule has 5 heteroatoms. The van der Waals surface area contributed by atoms with Gasteiger partial charge in [0.05, 0.1) is 6.04 Å². The maximum Gasteiger partial charge on any atom is 0.407 e. The summed E-state index contributed by atoms with van der Waals surface area (Å²) in [6.07, 6.45) is 0.687. The second kappa shape index (κ2) is 9.44. The summed E-state index contributed by atoms with van der Waals surface area (Å²) >= 11 is 0. The van der Waals surface area contributed by atoms with Crippen molar-refractivity contribution in [1.29, 1.82) is 0 Å². The van der Waals surface area contributed by atoms with Crippen LogP contribution in [0.5, 0.6) is 0 Å². The fourth-order valence-electron chi connectivity index (χ4n) is 2.36. The molecule has 1 atom stereocenters. The minimum atomic E-state index is -0.539. The van der Waals surface area contributed by atoms with E-state index in [0.717, 1.165) is 0 Å². The van der Waals surface area contributed by atoms with Crippen LogP contribution in [0.15, 0.2) is 24.3 Å². The highest BCUT2D eigenvalue weighted by atomic mass is 16.6. The van der Waals surface area contributed by atoms with Crippen molar-refractivity contribution in [2.24, 2.45) is 5.92 Å². The van der Waals surface area contributed by atoms with E-state index in [0.29, 0.717) is 19.4 Å². The van der Waals surface area contributed by atoms with Gasteiger partial charge in [-0.05, 0) is 51.2 Å². The molecule has 0 radical (unpaired) electrons. The van der Waals surface area contributed by atoms with Crippen LogP contribution < -0.4 is 10.6 Å². The standard InChI is InChI=1S/C20H32N2O3/c1-14(2)17(22-19(24)25-20(4,5)6)13-21-18(23)12-11-16-10-8-7-9-15(16)3/h7-10,14,17H,11-13H2,1-6H3,(H,21,23)(H,22,24). The molecule has 0 bridgehead atoms. The molecule has 1 unspecified atom stereocenters. The van der Waals surface area contributed by atoms with E-state index in [-0.39, 0.29) is 17.9 Å². The third kappa shape index (κ3) is 8.57. The summed E-state index contributed by atoms with van der Waals surface area (Å²) in [5, 5.41) is 5.75. The van der Waals surface area contributed by atoms with Crippen LogP contribution in [0.2, 0.25) is 0 Å². The van der Waals surface area contributed by atoms with E-state index in [4.69, 9.17) is 4.74 Å². The largest absolute Gasteiger partial charge is 0.444 e. The van der Waals surface area contributed by atoms with Crippen LogP contribution in [0.4, 0.5) is 4.79 Å². The summed E-state index contributed by atoms with van der Waals surface area (Å²) in [5.41, 5.74) is 1.84. The molecule has 0 aromatic heterocycles. The quantitative estimate of drug-likeness (QED) is 0.791. The Morgan fingerprint density at radius 2 is 1.80 bits per heavy atom. The van der Waals surface area contributed by atoms with Crippen molar-refractivity contribution in [2.45, 2.75) is 66.0 Å². The zero-order chi connectivity index (χ0) is 19.0. The first-order valence-corrected chi connectivity index (χ1v) is 8.89. The van der Waals surface area contributed by atoms with E-state index in [2.05, 4.69) is 10.6 Å². The Hall–Kier alpha value is -2.04. The number of nitrogens with one attached hydrogen (secondary N) is 2. The third-order valence-corrected chi connectivity index (χ3v) is 3.91. The highest BCUT2D eigenvalue weighted by Gasteiger charge is 2.21. The maximum atomic E-state index is 12.1. The molecular weight excluding hydrogens is 316 g/mol. The highest BCUT2D eigenvalue weighted by molar-refractivity contribution is 5.76. The summed E-state index contributed by atoms with van der Waals surface area (Å²) in [4.78, 5) is 24.0. The van der Waals surface area contributed by atoms with E-state index >= 15 is 0 Å². The average Bonchev–Trinajstić information content (AvgIpc) is 2.48. The molecular formula is C20H32N2O3. The van der Waals surface area contributed by atoms with Gasteiger partial charge in [0.2, 0.25) is 5.91 Å². The molecule has 1 aromatic carbocycles. The Bertz CT molecular complexity index is 577. The predicted molar refractivity (Wildman–Crippen MR) is 101 cm³/mol. The van der Waals surface area contributed by atoms with Crippen molar-refractivity contribution in [3.63, 3.8) is 0 Å². The van der Waals surface area contributed by atoms with Gasteiger partial charge in [0, 0.05) is 13.0 Å². The first kappa shape index (κ1) is 21.0. The fourth-order valence-corrected chi connectivity index (χ4v) is 2.36. The monoisotopic (exact) mass is 348 g/mol. The van der Waals surface area contributed by atoms with Gasteiger partial charge in [-0.3, -0.25) is 4.79 Å². The second-order valence-electron chi connectivity index (χ2n) is 7.73. The summed E-state index contributed by atoms with van der Waals surface area (Å²) in [7, 11) is 0. The lowest BCUT2D eigenvalue weighted by Gasteiger charge is -2.26. The lowest BCUT2D eigenvalue weighted by Crippen LogP contribution is -2.48. The molecule has 2 amide bonds. The Morgan fingerprint density at radius 1 is 1.16 bits per heavy atom. The van der Waals surface area contributed by atoms with E-state index in [9.17, 15) is 9.59 Å². The molecule has 0 saturated carbocycles. The van der Waals surface area contributed by atoms with Gasteiger partial charge < -0.3 is 15.4 Å². The Balaban J connectivity index is 2.44.